The van der Waals surface area contributed by atoms with Gasteiger partial charge in [-0.25, -0.2) is 8.78 Å². The van der Waals surface area contributed by atoms with Crippen molar-refractivity contribution in [1.29, 1.82) is 0 Å². The quantitative estimate of drug-likeness (QED) is 0.772. The normalized spacial score (nSPS) is 11.9. The van der Waals surface area contributed by atoms with E-state index in [1.807, 2.05) is 0 Å². The predicted octanol–water partition coefficient (Wildman–Crippen LogP) is 0.124. The summed E-state index contributed by atoms with van der Waals surface area (Å²) in [6, 6.07) is 2.53. The second-order valence-electron chi connectivity index (χ2n) is 3.87. The molecule has 0 bridgehead atoms. The molecule has 0 radical (unpaired) electrons. The van der Waals surface area contributed by atoms with E-state index in [1.165, 1.54) is 19.2 Å². The van der Waals surface area contributed by atoms with Crippen LogP contribution in [0.2, 0.25) is 0 Å². The Morgan fingerprint density at radius 1 is 1.42 bits per heavy atom. The second kappa shape index (κ2) is 6.79. The molecule has 0 aliphatic carbocycles. The zero-order chi connectivity index (χ0) is 14.4. The van der Waals surface area contributed by atoms with Crippen molar-refractivity contribution in [2.75, 3.05) is 13.7 Å². The third-order valence-corrected chi connectivity index (χ3v) is 2.39. The van der Waals surface area contributed by atoms with Gasteiger partial charge >= 0.3 is 0 Å². The van der Waals surface area contributed by atoms with Crippen molar-refractivity contribution in [2.24, 2.45) is 5.73 Å². The molecule has 0 saturated heterocycles. The van der Waals surface area contributed by atoms with Gasteiger partial charge in [-0.1, -0.05) is 12.1 Å². The molecule has 1 aromatic rings. The minimum atomic E-state index is -1.08. The summed E-state index contributed by atoms with van der Waals surface area (Å²) in [4.78, 5) is 22.6. The predicted molar refractivity (Wildman–Crippen MR) is 63.1 cm³/mol. The van der Waals surface area contributed by atoms with Gasteiger partial charge in [-0.05, 0) is 6.07 Å². The third kappa shape index (κ3) is 4.29. The number of methoxy groups -OCH3 is 1. The fourth-order valence-electron chi connectivity index (χ4n) is 1.46. The Labute approximate surface area is 108 Å². The number of hydrogen-bond acceptors (Lipinski definition) is 3. The highest BCUT2D eigenvalue weighted by molar-refractivity contribution is 5.87. The summed E-state index contributed by atoms with van der Waals surface area (Å²) in [5.41, 5.74) is 4.95. The van der Waals surface area contributed by atoms with Crippen LogP contribution >= 0.6 is 0 Å². The molecule has 0 fully saturated rings. The Bertz CT molecular complexity index is 480. The molecule has 0 saturated carbocycles. The molecule has 5 nitrogen and oxygen atoms in total. The highest BCUT2D eigenvalue weighted by Crippen LogP contribution is 2.11. The lowest BCUT2D eigenvalue weighted by Crippen LogP contribution is -2.47. The number of nitrogens with one attached hydrogen (secondary N) is 1. The fraction of sp³-hybridized carbons (Fsp3) is 0.333. The van der Waals surface area contributed by atoms with Gasteiger partial charge in [0.05, 0.1) is 13.0 Å². The van der Waals surface area contributed by atoms with Crippen LogP contribution < -0.4 is 11.1 Å². The smallest absolute Gasteiger partial charge is 0.242 e. The van der Waals surface area contributed by atoms with Crippen LogP contribution in [0.5, 0.6) is 0 Å². The van der Waals surface area contributed by atoms with Gasteiger partial charge in [0.1, 0.15) is 6.04 Å². The molecule has 7 heteroatoms. The second-order valence-corrected chi connectivity index (χ2v) is 3.87. The number of halogens is 2. The number of carbonyl (C=O) groups excluding carboxylic acids is 2. The van der Waals surface area contributed by atoms with Crippen molar-refractivity contribution in [3.63, 3.8) is 0 Å². The Morgan fingerprint density at radius 3 is 2.68 bits per heavy atom. The van der Waals surface area contributed by atoms with Gasteiger partial charge in [-0.2, -0.15) is 0 Å². The molecule has 0 heterocycles. The van der Waals surface area contributed by atoms with E-state index in [0.717, 1.165) is 6.07 Å². The molecule has 0 unspecified atom stereocenters. The van der Waals surface area contributed by atoms with E-state index >= 15 is 0 Å². The molecule has 0 aliphatic rings. The largest absolute Gasteiger partial charge is 0.382 e. The molecule has 0 aliphatic heterocycles. The van der Waals surface area contributed by atoms with Crippen molar-refractivity contribution in [3.05, 3.63) is 35.4 Å². The summed E-state index contributed by atoms with van der Waals surface area (Å²) < 4.78 is 31.0. The van der Waals surface area contributed by atoms with Crippen molar-refractivity contribution >= 4 is 11.8 Å². The van der Waals surface area contributed by atoms with Crippen LogP contribution in [0, 0.1) is 11.6 Å². The molecular weight excluding hydrogens is 258 g/mol. The van der Waals surface area contributed by atoms with Crippen LogP contribution in [0.25, 0.3) is 0 Å². The standard InChI is InChI=1S/C12H14F2N2O3/c1-19-6-9(12(15)18)16-10(17)5-7-3-2-4-8(13)11(7)14/h2-4,9H,5-6H2,1H3,(H2,15,18)(H,16,17)/t9-/m1/s1. The number of primary amides is 1. The highest BCUT2D eigenvalue weighted by Gasteiger charge is 2.19. The SMILES string of the molecule is COC[C@@H](NC(=O)Cc1cccc(F)c1F)C(N)=O. The summed E-state index contributed by atoms with van der Waals surface area (Å²) in [6.45, 7) is -0.0906. The molecular formula is C12H14F2N2O3. The summed E-state index contributed by atoms with van der Waals surface area (Å²) in [5.74, 6) is -3.53. The van der Waals surface area contributed by atoms with Gasteiger partial charge < -0.3 is 15.8 Å². The number of benzene rings is 1. The number of hydrogen-bond donors (Lipinski definition) is 2. The first kappa shape index (κ1) is 15.0. The average molecular weight is 272 g/mol. The number of nitrogens with two attached hydrogens (primary N) is 1. The minimum absolute atomic E-state index is 0.0906. The van der Waals surface area contributed by atoms with E-state index in [0.29, 0.717) is 0 Å². The number of amides is 2. The number of ether oxygens (including phenoxy) is 1. The summed E-state index contributed by atoms with van der Waals surface area (Å²) >= 11 is 0. The summed E-state index contributed by atoms with van der Waals surface area (Å²) in [5, 5.41) is 2.28. The molecule has 2 amide bonds. The topological polar surface area (TPSA) is 81.4 Å². The lowest BCUT2D eigenvalue weighted by molar-refractivity contribution is -0.128. The average Bonchev–Trinajstić information content (AvgIpc) is 2.34. The molecule has 0 spiro atoms. The van der Waals surface area contributed by atoms with E-state index in [1.54, 1.807) is 0 Å². The van der Waals surface area contributed by atoms with Crippen molar-refractivity contribution in [2.45, 2.75) is 12.5 Å². The Hall–Kier alpha value is -2.02. The van der Waals surface area contributed by atoms with Gasteiger partial charge in [-0.3, -0.25) is 9.59 Å². The monoisotopic (exact) mass is 272 g/mol. The Balaban J connectivity index is 2.69. The van der Waals surface area contributed by atoms with Crippen LogP contribution in [-0.2, 0) is 20.7 Å². The Morgan fingerprint density at radius 2 is 2.11 bits per heavy atom. The van der Waals surface area contributed by atoms with Crippen LogP contribution in [0.1, 0.15) is 5.56 Å². The van der Waals surface area contributed by atoms with Gasteiger partial charge in [-0.15, -0.1) is 0 Å². The van der Waals surface area contributed by atoms with Crippen molar-refractivity contribution < 1.29 is 23.1 Å². The van der Waals surface area contributed by atoms with Crippen molar-refractivity contribution in [1.82, 2.24) is 5.32 Å². The third-order valence-electron chi connectivity index (χ3n) is 2.39. The zero-order valence-corrected chi connectivity index (χ0v) is 10.3. The molecule has 0 aromatic heterocycles. The molecule has 1 rings (SSSR count). The van der Waals surface area contributed by atoms with Gasteiger partial charge in [0, 0.05) is 12.7 Å². The summed E-state index contributed by atoms with van der Waals surface area (Å²) in [6.07, 6.45) is -0.392. The fourth-order valence-corrected chi connectivity index (χ4v) is 1.46. The first-order valence-electron chi connectivity index (χ1n) is 5.46. The zero-order valence-electron chi connectivity index (χ0n) is 10.3. The van der Waals surface area contributed by atoms with Gasteiger partial charge in [0.25, 0.3) is 0 Å². The van der Waals surface area contributed by atoms with E-state index in [-0.39, 0.29) is 12.2 Å². The van der Waals surface area contributed by atoms with Gasteiger partial charge in [0.2, 0.25) is 11.8 Å². The number of carbonyl (C=O) groups is 2. The highest BCUT2D eigenvalue weighted by atomic mass is 19.2. The molecule has 1 aromatic carbocycles. The van der Waals surface area contributed by atoms with E-state index in [9.17, 15) is 18.4 Å². The molecule has 104 valence electrons. The van der Waals surface area contributed by atoms with E-state index < -0.39 is 35.9 Å². The van der Waals surface area contributed by atoms with Crippen molar-refractivity contribution in [3.8, 4) is 0 Å². The van der Waals surface area contributed by atoms with Crippen LogP contribution in [-0.4, -0.2) is 31.6 Å². The molecule has 1 atom stereocenters. The lowest BCUT2D eigenvalue weighted by Gasteiger charge is -2.14. The summed E-state index contributed by atoms with van der Waals surface area (Å²) in [7, 11) is 1.34. The maximum atomic E-state index is 13.3. The lowest BCUT2D eigenvalue weighted by atomic mass is 10.1. The van der Waals surface area contributed by atoms with Gasteiger partial charge in [0.15, 0.2) is 11.6 Å². The maximum Gasteiger partial charge on any atom is 0.242 e. The first-order chi connectivity index (χ1) is 8.95. The first-order valence-corrected chi connectivity index (χ1v) is 5.46. The van der Waals surface area contributed by atoms with Crippen LogP contribution in [0.4, 0.5) is 8.78 Å². The van der Waals surface area contributed by atoms with E-state index in [4.69, 9.17) is 10.5 Å². The number of rotatable bonds is 6. The molecule has 3 N–H and O–H groups in total. The van der Waals surface area contributed by atoms with E-state index in [2.05, 4.69) is 5.32 Å². The maximum absolute atomic E-state index is 13.3. The molecule has 19 heavy (non-hydrogen) atoms. The van der Waals surface area contributed by atoms with Crippen LogP contribution in [0.3, 0.4) is 0 Å². The Kier molecular flexibility index (Phi) is 5.37. The van der Waals surface area contributed by atoms with Crippen LogP contribution in [0.15, 0.2) is 18.2 Å². The minimum Gasteiger partial charge on any atom is -0.382 e.